The summed E-state index contributed by atoms with van der Waals surface area (Å²) in [6.45, 7) is 0.309. The monoisotopic (exact) mass is 424 g/mol. The van der Waals surface area contributed by atoms with Gasteiger partial charge >= 0.3 is 0 Å². The van der Waals surface area contributed by atoms with Gasteiger partial charge in [0, 0.05) is 33.3 Å². The van der Waals surface area contributed by atoms with Crippen LogP contribution in [0.4, 0.5) is 0 Å². The molecule has 0 aliphatic rings. The van der Waals surface area contributed by atoms with Gasteiger partial charge in [-0.1, -0.05) is 23.2 Å². The second-order valence-electron chi connectivity index (χ2n) is 3.62. The van der Waals surface area contributed by atoms with E-state index < -0.39 is 0 Å². The summed E-state index contributed by atoms with van der Waals surface area (Å²) in [5.74, 6) is 0.838. The van der Waals surface area contributed by atoms with Gasteiger partial charge < -0.3 is 10.5 Å². The quantitative estimate of drug-likeness (QED) is 0.689. The minimum atomic E-state index is 0.309. The van der Waals surface area contributed by atoms with Crippen LogP contribution in [0.15, 0.2) is 33.3 Å². The molecule has 1 aromatic heterocycles. The Labute approximate surface area is 137 Å². The number of rotatable bonds is 3. The molecular weight excluding hydrogens is 419 g/mol. The third-order valence-corrected chi connectivity index (χ3v) is 4.22. The van der Waals surface area contributed by atoms with Gasteiger partial charge in [0.05, 0.1) is 10.0 Å². The van der Waals surface area contributed by atoms with E-state index in [1.807, 2.05) is 6.07 Å². The van der Waals surface area contributed by atoms with Crippen molar-refractivity contribution in [2.45, 2.75) is 6.54 Å². The van der Waals surface area contributed by atoms with E-state index in [4.69, 9.17) is 33.7 Å². The normalized spacial score (nSPS) is 10.6. The Hall–Kier alpha value is -0.330. The van der Waals surface area contributed by atoms with Crippen LogP contribution >= 0.6 is 55.1 Å². The average molecular weight is 427 g/mol. The van der Waals surface area contributed by atoms with Crippen molar-refractivity contribution in [3.63, 3.8) is 0 Å². The third-order valence-electron chi connectivity index (χ3n) is 2.29. The van der Waals surface area contributed by atoms with Crippen LogP contribution in [0, 0.1) is 0 Å². The molecule has 0 radical (unpaired) electrons. The van der Waals surface area contributed by atoms with Crippen molar-refractivity contribution >= 4 is 55.1 Å². The van der Waals surface area contributed by atoms with Crippen molar-refractivity contribution in [2.24, 2.45) is 5.73 Å². The standard InChI is InChI=1S/C12H8Br2Cl2N2O/c13-7-1-6(4-17)12(18-5-7)19-11-3-9(15)8(14)2-10(11)16/h1-3,5H,4,17H2. The van der Waals surface area contributed by atoms with Crippen LogP contribution in [-0.4, -0.2) is 4.98 Å². The molecule has 2 N–H and O–H groups in total. The molecule has 0 amide bonds. The molecule has 0 atom stereocenters. The lowest BCUT2D eigenvalue weighted by Gasteiger charge is -2.11. The molecule has 0 aliphatic heterocycles. The van der Waals surface area contributed by atoms with E-state index in [1.54, 1.807) is 18.3 Å². The Morgan fingerprint density at radius 1 is 1.16 bits per heavy atom. The van der Waals surface area contributed by atoms with Crippen LogP contribution in [0.25, 0.3) is 0 Å². The van der Waals surface area contributed by atoms with Crippen molar-refractivity contribution in [1.29, 1.82) is 0 Å². The summed E-state index contributed by atoms with van der Waals surface area (Å²) in [4.78, 5) is 4.18. The molecule has 3 nitrogen and oxygen atoms in total. The number of hydrogen-bond acceptors (Lipinski definition) is 3. The number of benzene rings is 1. The Balaban J connectivity index is 2.39. The highest BCUT2D eigenvalue weighted by Gasteiger charge is 2.11. The van der Waals surface area contributed by atoms with Gasteiger partial charge in [-0.2, -0.15) is 0 Å². The van der Waals surface area contributed by atoms with E-state index in [2.05, 4.69) is 36.8 Å². The largest absolute Gasteiger partial charge is 0.437 e. The predicted octanol–water partition coefficient (Wildman–Crippen LogP) is 5.16. The molecule has 2 aromatic rings. The molecule has 0 spiro atoms. The minimum absolute atomic E-state index is 0.309. The molecule has 7 heteroatoms. The van der Waals surface area contributed by atoms with Gasteiger partial charge in [0.1, 0.15) is 5.75 Å². The zero-order chi connectivity index (χ0) is 14.0. The molecule has 0 saturated carbocycles. The topological polar surface area (TPSA) is 48.1 Å². The summed E-state index contributed by atoms with van der Waals surface area (Å²) in [5, 5.41) is 0.940. The highest BCUT2D eigenvalue weighted by Crippen LogP contribution is 2.37. The van der Waals surface area contributed by atoms with Crippen LogP contribution in [0.1, 0.15) is 5.56 Å². The Morgan fingerprint density at radius 2 is 1.89 bits per heavy atom. The van der Waals surface area contributed by atoms with Crippen molar-refractivity contribution in [1.82, 2.24) is 4.98 Å². The summed E-state index contributed by atoms with van der Waals surface area (Å²) in [6.07, 6.45) is 1.63. The molecule has 19 heavy (non-hydrogen) atoms. The van der Waals surface area contributed by atoms with Crippen LogP contribution < -0.4 is 10.5 Å². The van der Waals surface area contributed by atoms with E-state index >= 15 is 0 Å². The molecule has 100 valence electrons. The molecule has 0 bridgehead atoms. The maximum absolute atomic E-state index is 6.10. The first kappa shape index (κ1) is 15.1. The second kappa shape index (κ2) is 6.41. The highest BCUT2D eigenvalue weighted by atomic mass is 79.9. The SMILES string of the molecule is NCc1cc(Br)cnc1Oc1cc(Cl)c(Br)cc1Cl. The van der Waals surface area contributed by atoms with Crippen molar-refractivity contribution in [2.75, 3.05) is 0 Å². The second-order valence-corrected chi connectivity index (χ2v) is 6.21. The first-order valence-corrected chi connectivity index (χ1v) is 7.52. The first-order valence-electron chi connectivity index (χ1n) is 5.18. The van der Waals surface area contributed by atoms with Crippen molar-refractivity contribution in [3.8, 4) is 11.6 Å². The van der Waals surface area contributed by atoms with Gasteiger partial charge in [0.25, 0.3) is 0 Å². The average Bonchev–Trinajstić information content (AvgIpc) is 2.37. The predicted molar refractivity (Wildman–Crippen MR) is 84.1 cm³/mol. The Morgan fingerprint density at radius 3 is 2.58 bits per heavy atom. The first-order chi connectivity index (χ1) is 9.01. The summed E-state index contributed by atoms with van der Waals surface area (Å²) < 4.78 is 7.21. The highest BCUT2D eigenvalue weighted by molar-refractivity contribution is 9.10. The van der Waals surface area contributed by atoms with Gasteiger partial charge in [-0.3, -0.25) is 0 Å². The number of nitrogens with zero attached hydrogens (tertiary/aromatic N) is 1. The third kappa shape index (κ3) is 3.61. The van der Waals surface area contributed by atoms with Gasteiger partial charge in [-0.05, 0) is 44.0 Å². The summed E-state index contributed by atoms with van der Waals surface area (Å²) in [5.41, 5.74) is 6.43. The lowest BCUT2D eigenvalue weighted by atomic mass is 10.3. The Bertz CT molecular complexity index is 623. The summed E-state index contributed by atoms with van der Waals surface area (Å²) in [6, 6.07) is 5.13. The van der Waals surface area contributed by atoms with Crippen LogP contribution in [-0.2, 0) is 6.54 Å². The minimum Gasteiger partial charge on any atom is -0.437 e. The molecular formula is C12H8Br2Cl2N2O. The van der Waals surface area contributed by atoms with Crippen LogP contribution in [0.3, 0.4) is 0 Å². The van der Waals surface area contributed by atoms with E-state index in [1.165, 1.54) is 0 Å². The molecule has 0 fully saturated rings. The fraction of sp³-hybridized carbons (Fsp3) is 0.0833. The fourth-order valence-corrected chi connectivity index (χ4v) is 2.60. The zero-order valence-electron chi connectivity index (χ0n) is 9.46. The molecule has 0 aliphatic carbocycles. The van der Waals surface area contributed by atoms with Gasteiger partial charge in [-0.15, -0.1) is 0 Å². The Kier molecular flexibility index (Phi) is 5.09. The maximum Gasteiger partial charge on any atom is 0.223 e. The number of ether oxygens (including phenoxy) is 1. The molecule has 2 rings (SSSR count). The van der Waals surface area contributed by atoms with E-state index in [-0.39, 0.29) is 0 Å². The van der Waals surface area contributed by atoms with Crippen molar-refractivity contribution in [3.05, 3.63) is 49.0 Å². The lowest BCUT2D eigenvalue weighted by Crippen LogP contribution is -2.01. The number of aromatic nitrogens is 1. The van der Waals surface area contributed by atoms with E-state index in [0.29, 0.717) is 32.7 Å². The summed E-state index contributed by atoms with van der Waals surface area (Å²) in [7, 11) is 0. The van der Waals surface area contributed by atoms with Gasteiger partial charge in [-0.25, -0.2) is 4.98 Å². The molecule has 1 heterocycles. The molecule has 1 aromatic carbocycles. The van der Waals surface area contributed by atoms with Crippen molar-refractivity contribution < 1.29 is 4.74 Å². The fourth-order valence-electron chi connectivity index (χ4n) is 1.39. The molecule has 0 saturated heterocycles. The molecule has 0 unspecified atom stereocenters. The van der Waals surface area contributed by atoms with Crippen LogP contribution in [0.2, 0.25) is 10.0 Å². The van der Waals surface area contributed by atoms with Crippen LogP contribution in [0.5, 0.6) is 11.6 Å². The smallest absolute Gasteiger partial charge is 0.223 e. The summed E-state index contributed by atoms with van der Waals surface area (Å²) >= 11 is 18.7. The van der Waals surface area contributed by atoms with Gasteiger partial charge in [0.2, 0.25) is 5.88 Å². The number of hydrogen-bond donors (Lipinski definition) is 1. The number of pyridine rings is 1. The lowest BCUT2D eigenvalue weighted by molar-refractivity contribution is 0.456. The maximum atomic E-state index is 6.10. The van der Waals surface area contributed by atoms with Gasteiger partial charge in [0.15, 0.2) is 0 Å². The van der Waals surface area contributed by atoms with E-state index in [9.17, 15) is 0 Å². The number of nitrogens with two attached hydrogens (primary N) is 1. The zero-order valence-corrected chi connectivity index (χ0v) is 14.1. The number of halogens is 4. The van der Waals surface area contributed by atoms with E-state index in [0.717, 1.165) is 10.0 Å².